The summed E-state index contributed by atoms with van der Waals surface area (Å²) in [5.74, 6) is 2.08. The van der Waals surface area contributed by atoms with Crippen LogP contribution in [0.15, 0.2) is 54.7 Å². The summed E-state index contributed by atoms with van der Waals surface area (Å²) in [4.78, 5) is 0. The van der Waals surface area contributed by atoms with Crippen molar-refractivity contribution in [2.24, 2.45) is 7.05 Å². The quantitative estimate of drug-likeness (QED) is 0.586. The molecule has 3 rings (SSSR count). The van der Waals surface area contributed by atoms with Gasteiger partial charge in [-0.2, -0.15) is 13.2 Å². The monoisotopic (exact) mass is 327 g/mol. The van der Waals surface area contributed by atoms with Crippen LogP contribution in [-0.2, 0) is 12.5 Å². The van der Waals surface area contributed by atoms with Gasteiger partial charge in [0.15, 0.2) is 5.41 Å². The minimum Gasteiger partial charge on any atom is -0.350 e. The number of aromatic nitrogens is 1. The van der Waals surface area contributed by atoms with Crippen molar-refractivity contribution < 1.29 is 13.2 Å². The highest BCUT2D eigenvalue weighted by atomic mass is 19.4. The summed E-state index contributed by atoms with van der Waals surface area (Å²) < 4.78 is 44.5. The molecule has 122 valence electrons. The smallest absolute Gasteiger partial charge is 0.350 e. The zero-order valence-electron chi connectivity index (χ0n) is 13.4. The van der Waals surface area contributed by atoms with E-state index in [1.165, 1.54) is 18.3 Å². The summed E-state index contributed by atoms with van der Waals surface area (Å²) in [6.45, 7) is 1.75. The van der Waals surface area contributed by atoms with Crippen molar-refractivity contribution in [1.29, 1.82) is 0 Å². The summed E-state index contributed by atoms with van der Waals surface area (Å²) >= 11 is 0. The molecule has 2 aromatic carbocycles. The van der Waals surface area contributed by atoms with Gasteiger partial charge in [-0.3, -0.25) is 0 Å². The number of fused-ring (bicyclic) bond motifs is 1. The number of hydrogen-bond donors (Lipinski definition) is 0. The van der Waals surface area contributed by atoms with Crippen LogP contribution in [0.4, 0.5) is 13.2 Å². The van der Waals surface area contributed by atoms with Gasteiger partial charge in [0.1, 0.15) is 0 Å². The van der Waals surface area contributed by atoms with E-state index in [2.05, 4.69) is 5.92 Å². The lowest BCUT2D eigenvalue weighted by molar-refractivity contribution is -0.161. The number of alkyl halides is 3. The summed E-state index contributed by atoms with van der Waals surface area (Å²) in [5.41, 5.74) is -0.893. The first-order valence-electron chi connectivity index (χ1n) is 7.47. The number of nitrogens with zero attached hydrogens (tertiary/aromatic N) is 1. The van der Waals surface area contributed by atoms with Crippen LogP contribution in [0.5, 0.6) is 0 Å². The van der Waals surface area contributed by atoms with Gasteiger partial charge < -0.3 is 4.57 Å². The minimum absolute atomic E-state index is 0.0638. The maximum Gasteiger partial charge on any atom is 0.413 e. The lowest BCUT2D eigenvalue weighted by Gasteiger charge is -2.31. The van der Waals surface area contributed by atoms with Crippen molar-refractivity contribution in [1.82, 2.24) is 4.57 Å². The molecule has 0 aliphatic carbocycles. The first-order valence-corrected chi connectivity index (χ1v) is 7.47. The molecule has 0 amide bonds. The van der Waals surface area contributed by atoms with Crippen LogP contribution in [0.3, 0.4) is 0 Å². The van der Waals surface area contributed by atoms with Gasteiger partial charge >= 0.3 is 6.18 Å². The van der Waals surface area contributed by atoms with Crippen LogP contribution in [0.25, 0.3) is 10.9 Å². The van der Waals surface area contributed by atoms with Crippen LogP contribution in [0.1, 0.15) is 16.7 Å². The molecule has 24 heavy (non-hydrogen) atoms. The minimum atomic E-state index is -4.63. The van der Waals surface area contributed by atoms with E-state index < -0.39 is 11.6 Å². The SMILES string of the molecule is C#C[C@](c1cccc(C)c1)(c1cn(C)c2ccccc12)C(F)(F)F. The second-order valence-electron chi connectivity index (χ2n) is 5.93. The van der Waals surface area contributed by atoms with E-state index in [0.29, 0.717) is 10.9 Å². The topological polar surface area (TPSA) is 4.93 Å². The first kappa shape index (κ1) is 16.2. The fourth-order valence-electron chi connectivity index (χ4n) is 3.23. The molecule has 4 heteroatoms. The van der Waals surface area contributed by atoms with Gasteiger partial charge in [-0.05, 0) is 18.6 Å². The molecule has 0 aliphatic rings. The Balaban J connectivity index is 2.44. The molecule has 0 saturated heterocycles. The molecule has 0 fully saturated rings. The summed E-state index contributed by atoms with van der Waals surface area (Å²) in [5, 5.41) is 0.511. The first-order chi connectivity index (χ1) is 11.3. The van der Waals surface area contributed by atoms with Gasteiger partial charge in [0, 0.05) is 29.7 Å². The lowest BCUT2D eigenvalue weighted by atomic mass is 9.74. The number of aryl methyl sites for hydroxylation is 2. The fraction of sp³-hybridized carbons (Fsp3) is 0.200. The third-order valence-electron chi connectivity index (χ3n) is 4.39. The molecule has 0 saturated carbocycles. The number of terminal acetylenes is 1. The fourth-order valence-corrected chi connectivity index (χ4v) is 3.23. The lowest BCUT2D eigenvalue weighted by Crippen LogP contribution is -2.42. The Kier molecular flexibility index (Phi) is 3.68. The molecular formula is C20H16F3N. The van der Waals surface area contributed by atoms with Gasteiger partial charge in [0.05, 0.1) is 0 Å². The molecule has 0 radical (unpaired) electrons. The molecule has 0 unspecified atom stereocenters. The van der Waals surface area contributed by atoms with E-state index in [1.54, 1.807) is 54.9 Å². The molecule has 1 atom stereocenters. The highest BCUT2D eigenvalue weighted by Gasteiger charge is 2.57. The average Bonchev–Trinajstić information content (AvgIpc) is 2.85. The zero-order chi connectivity index (χ0) is 17.5. The molecule has 0 bridgehead atoms. The van der Waals surface area contributed by atoms with Gasteiger partial charge in [-0.15, -0.1) is 6.42 Å². The van der Waals surface area contributed by atoms with Crippen molar-refractivity contribution in [2.75, 3.05) is 0 Å². The van der Waals surface area contributed by atoms with E-state index in [-0.39, 0.29) is 11.1 Å². The largest absolute Gasteiger partial charge is 0.413 e. The van der Waals surface area contributed by atoms with E-state index in [4.69, 9.17) is 6.42 Å². The number of rotatable bonds is 2. The van der Waals surface area contributed by atoms with E-state index >= 15 is 0 Å². The van der Waals surface area contributed by atoms with Gasteiger partial charge in [0.25, 0.3) is 0 Å². The van der Waals surface area contributed by atoms with Crippen LogP contribution >= 0.6 is 0 Å². The maximum atomic E-state index is 14.3. The molecule has 0 spiro atoms. The van der Waals surface area contributed by atoms with Gasteiger partial charge in [0.2, 0.25) is 0 Å². The van der Waals surface area contributed by atoms with Crippen molar-refractivity contribution in [3.05, 3.63) is 71.4 Å². The van der Waals surface area contributed by atoms with Gasteiger partial charge in [-0.1, -0.05) is 53.9 Å². The van der Waals surface area contributed by atoms with Gasteiger partial charge in [-0.25, -0.2) is 0 Å². The predicted molar refractivity (Wildman–Crippen MR) is 89.8 cm³/mol. The number of para-hydroxylation sites is 1. The number of halogens is 3. The molecule has 1 nitrogen and oxygen atoms in total. The average molecular weight is 327 g/mol. The Morgan fingerprint density at radius 2 is 1.75 bits per heavy atom. The third-order valence-corrected chi connectivity index (χ3v) is 4.39. The van der Waals surface area contributed by atoms with Crippen LogP contribution in [0, 0.1) is 19.3 Å². The molecule has 0 N–H and O–H groups in total. The van der Waals surface area contributed by atoms with Crippen LogP contribution < -0.4 is 0 Å². The van der Waals surface area contributed by atoms with E-state index in [1.807, 2.05) is 0 Å². The highest BCUT2D eigenvalue weighted by Crippen LogP contribution is 2.48. The Hall–Kier alpha value is -2.67. The standard InChI is InChI=1S/C20H16F3N/c1-4-19(20(21,22)23,15-9-7-8-14(2)12-15)17-13-24(3)18-11-6-5-10-16(17)18/h1,5-13H,2-3H3/t19-/m0/s1. The second kappa shape index (κ2) is 5.45. The molecule has 1 aromatic heterocycles. The van der Waals surface area contributed by atoms with E-state index in [0.717, 1.165) is 5.56 Å². The second-order valence-corrected chi connectivity index (χ2v) is 5.93. The Morgan fingerprint density at radius 1 is 1.04 bits per heavy atom. The zero-order valence-corrected chi connectivity index (χ0v) is 13.4. The van der Waals surface area contributed by atoms with Crippen molar-refractivity contribution in [3.63, 3.8) is 0 Å². The van der Waals surface area contributed by atoms with Crippen molar-refractivity contribution in [2.45, 2.75) is 18.5 Å². The third kappa shape index (κ3) is 2.20. The Labute approximate surface area is 138 Å². The number of hydrogen-bond acceptors (Lipinski definition) is 0. The molecular weight excluding hydrogens is 311 g/mol. The normalized spacial score (nSPS) is 14.3. The van der Waals surface area contributed by atoms with E-state index in [9.17, 15) is 13.2 Å². The summed E-state index contributed by atoms with van der Waals surface area (Å²) in [6, 6.07) is 13.3. The summed E-state index contributed by atoms with van der Waals surface area (Å²) in [7, 11) is 1.72. The van der Waals surface area contributed by atoms with Crippen molar-refractivity contribution >= 4 is 10.9 Å². The van der Waals surface area contributed by atoms with Crippen LogP contribution in [0.2, 0.25) is 0 Å². The highest BCUT2D eigenvalue weighted by molar-refractivity contribution is 5.86. The maximum absolute atomic E-state index is 14.3. The molecule has 0 aliphatic heterocycles. The van der Waals surface area contributed by atoms with Crippen molar-refractivity contribution in [3.8, 4) is 12.3 Å². The Morgan fingerprint density at radius 3 is 2.38 bits per heavy atom. The number of benzene rings is 2. The summed E-state index contributed by atoms with van der Waals surface area (Å²) in [6.07, 6.45) is 2.39. The predicted octanol–water partition coefficient (Wildman–Crippen LogP) is 4.97. The molecule has 1 heterocycles. The molecule has 3 aromatic rings. The Bertz CT molecular complexity index is 943. The van der Waals surface area contributed by atoms with Crippen LogP contribution in [-0.4, -0.2) is 10.7 Å².